The number of fused-ring (bicyclic) bond motifs is 3. The maximum atomic E-state index is 13.6. The SMILES string of the molecule is CC[C@@]1(O)C[C@H](O[C@H]2CC(N(C)C)[C@H](O)[C@H](C)O2)c2c(cc3c(c2O)C(=O)c2c(O)cccc2C3=O)[C@H]1C(=O)OC. The minimum absolute atomic E-state index is 0.0382. The van der Waals surface area contributed by atoms with E-state index in [-0.39, 0.29) is 58.7 Å². The first kappa shape index (κ1) is 29.2. The van der Waals surface area contributed by atoms with Gasteiger partial charge in [0.15, 0.2) is 12.1 Å². The molecule has 41 heavy (non-hydrogen) atoms. The molecule has 0 radical (unpaired) electrons. The molecule has 11 nitrogen and oxygen atoms in total. The van der Waals surface area contributed by atoms with E-state index in [1.54, 1.807) is 13.8 Å². The van der Waals surface area contributed by atoms with Crippen molar-refractivity contribution in [2.75, 3.05) is 21.2 Å². The Bertz CT molecular complexity index is 1420. The van der Waals surface area contributed by atoms with Gasteiger partial charge in [-0.15, -0.1) is 0 Å². The molecule has 2 aliphatic carbocycles. The van der Waals surface area contributed by atoms with Gasteiger partial charge in [-0.2, -0.15) is 0 Å². The first-order chi connectivity index (χ1) is 19.3. The lowest BCUT2D eigenvalue weighted by Crippen LogP contribution is -2.54. The minimum atomic E-state index is -1.69. The maximum Gasteiger partial charge on any atom is 0.316 e. The number of likely N-dealkylation sites (N-methyl/N-ethyl adjacent to an activating group) is 1. The van der Waals surface area contributed by atoms with Gasteiger partial charge in [0.2, 0.25) is 5.78 Å². The lowest BCUT2D eigenvalue weighted by Gasteiger charge is -2.46. The number of carbonyl (C=O) groups excluding carboxylic acids is 3. The van der Waals surface area contributed by atoms with Crippen LogP contribution in [0.3, 0.4) is 0 Å². The number of hydrogen-bond donors (Lipinski definition) is 4. The van der Waals surface area contributed by atoms with E-state index in [2.05, 4.69) is 0 Å². The fraction of sp³-hybridized carbons (Fsp3) is 0.500. The third kappa shape index (κ3) is 4.52. The zero-order valence-electron chi connectivity index (χ0n) is 23.6. The molecule has 11 heteroatoms. The van der Waals surface area contributed by atoms with Crippen LogP contribution in [0.4, 0.5) is 0 Å². The van der Waals surface area contributed by atoms with Crippen molar-refractivity contribution < 1.29 is 49.0 Å². The van der Waals surface area contributed by atoms with Gasteiger partial charge in [0.1, 0.15) is 17.4 Å². The number of hydrogen-bond acceptors (Lipinski definition) is 11. The maximum absolute atomic E-state index is 13.6. The molecule has 0 spiro atoms. The number of phenolic OH excluding ortho intramolecular Hbond substituents is 2. The average Bonchev–Trinajstić information content (AvgIpc) is 2.92. The molecule has 0 amide bonds. The Balaban J connectivity index is 1.69. The third-order valence-corrected chi connectivity index (χ3v) is 8.77. The van der Waals surface area contributed by atoms with E-state index in [0.29, 0.717) is 0 Å². The molecular weight excluding hydrogens is 534 g/mol. The smallest absolute Gasteiger partial charge is 0.316 e. The lowest BCUT2D eigenvalue weighted by molar-refractivity contribution is -0.258. The molecule has 0 saturated carbocycles. The predicted octanol–water partition coefficient (Wildman–Crippen LogP) is 2.16. The van der Waals surface area contributed by atoms with Crippen LogP contribution in [0.15, 0.2) is 24.3 Å². The number of phenols is 2. The molecule has 5 rings (SSSR count). The Morgan fingerprint density at radius 3 is 2.49 bits per heavy atom. The first-order valence-electron chi connectivity index (χ1n) is 13.6. The van der Waals surface area contributed by atoms with Gasteiger partial charge < -0.3 is 39.5 Å². The molecule has 0 aromatic heterocycles. The van der Waals surface area contributed by atoms with E-state index in [1.165, 1.54) is 31.4 Å². The summed E-state index contributed by atoms with van der Waals surface area (Å²) in [5.74, 6) is -4.42. The Morgan fingerprint density at radius 2 is 1.85 bits per heavy atom. The van der Waals surface area contributed by atoms with Gasteiger partial charge in [-0.05, 0) is 45.1 Å². The van der Waals surface area contributed by atoms with Crippen molar-refractivity contribution in [2.24, 2.45) is 0 Å². The highest BCUT2D eigenvalue weighted by Crippen LogP contribution is 2.54. The minimum Gasteiger partial charge on any atom is -0.507 e. The van der Waals surface area contributed by atoms with Gasteiger partial charge in [-0.1, -0.05) is 19.1 Å². The summed E-state index contributed by atoms with van der Waals surface area (Å²) in [5.41, 5.74) is -2.27. The fourth-order valence-electron chi connectivity index (χ4n) is 6.50. The Morgan fingerprint density at radius 1 is 1.15 bits per heavy atom. The number of carbonyl (C=O) groups is 3. The highest BCUT2D eigenvalue weighted by atomic mass is 16.7. The number of esters is 1. The summed E-state index contributed by atoms with van der Waals surface area (Å²) in [7, 11) is 4.82. The van der Waals surface area contributed by atoms with Gasteiger partial charge in [0.25, 0.3) is 0 Å². The zero-order chi connectivity index (χ0) is 30.0. The van der Waals surface area contributed by atoms with E-state index in [0.717, 1.165) is 0 Å². The molecule has 1 saturated heterocycles. The van der Waals surface area contributed by atoms with E-state index in [4.69, 9.17) is 14.2 Å². The number of aromatic hydroxyl groups is 2. The molecule has 2 aromatic rings. The molecule has 1 aliphatic heterocycles. The van der Waals surface area contributed by atoms with Gasteiger partial charge in [0.05, 0.1) is 42.1 Å². The molecule has 2 aromatic carbocycles. The second-order valence-corrected chi connectivity index (χ2v) is 11.3. The molecule has 220 valence electrons. The van der Waals surface area contributed by atoms with E-state index >= 15 is 0 Å². The van der Waals surface area contributed by atoms with Crippen molar-refractivity contribution in [1.82, 2.24) is 4.90 Å². The molecule has 7 atom stereocenters. The number of aliphatic hydroxyl groups is 2. The summed E-state index contributed by atoms with van der Waals surface area (Å²) < 4.78 is 17.3. The quantitative estimate of drug-likeness (QED) is 0.333. The molecular formula is C30H35NO10. The van der Waals surface area contributed by atoms with E-state index in [9.17, 15) is 34.8 Å². The number of methoxy groups -OCH3 is 1. The molecule has 1 unspecified atom stereocenters. The van der Waals surface area contributed by atoms with E-state index < -0.39 is 65.2 Å². The average molecular weight is 570 g/mol. The predicted molar refractivity (Wildman–Crippen MR) is 144 cm³/mol. The van der Waals surface area contributed by atoms with Crippen molar-refractivity contribution in [3.63, 3.8) is 0 Å². The Hall–Kier alpha value is -3.35. The second kappa shape index (κ2) is 10.5. The van der Waals surface area contributed by atoms with Crippen LogP contribution in [0, 0.1) is 0 Å². The van der Waals surface area contributed by atoms with Crippen LogP contribution < -0.4 is 0 Å². The van der Waals surface area contributed by atoms with Crippen molar-refractivity contribution in [1.29, 1.82) is 0 Å². The van der Waals surface area contributed by atoms with E-state index in [1.807, 2.05) is 19.0 Å². The topological polar surface area (TPSA) is 163 Å². The third-order valence-electron chi connectivity index (χ3n) is 8.77. The summed E-state index contributed by atoms with van der Waals surface area (Å²) in [6, 6.07) is 5.14. The molecule has 0 bridgehead atoms. The van der Waals surface area contributed by atoms with Crippen molar-refractivity contribution in [3.05, 3.63) is 57.6 Å². The molecule has 4 N–H and O–H groups in total. The second-order valence-electron chi connectivity index (χ2n) is 11.3. The summed E-state index contributed by atoms with van der Waals surface area (Å²) in [6.45, 7) is 3.41. The monoisotopic (exact) mass is 569 g/mol. The lowest BCUT2D eigenvalue weighted by atomic mass is 9.67. The number of nitrogens with zero attached hydrogens (tertiary/aromatic N) is 1. The largest absolute Gasteiger partial charge is 0.507 e. The highest BCUT2D eigenvalue weighted by molar-refractivity contribution is 6.30. The van der Waals surface area contributed by atoms with Gasteiger partial charge >= 0.3 is 5.97 Å². The Kier molecular flexibility index (Phi) is 7.46. The van der Waals surface area contributed by atoms with Crippen LogP contribution in [0.1, 0.15) is 88.1 Å². The number of ether oxygens (including phenoxy) is 3. The van der Waals surface area contributed by atoms with Crippen LogP contribution in [0.5, 0.6) is 11.5 Å². The van der Waals surface area contributed by atoms with Gasteiger partial charge in [-0.3, -0.25) is 14.4 Å². The molecule has 1 fully saturated rings. The van der Waals surface area contributed by atoms with Crippen LogP contribution in [0.25, 0.3) is 0 Å². The number of aliphatic hydroxyl groups excluding tert-OH is 1. The number of benzene rings is 2. The van der Waals surface area contributed by atoms with Crippen LogP contribution in [-0.4, -0.2) is 94.2 Å². The normalized spacial score (nSPS) is 30.9. The highest BCUT2D eigenvalue weighted by Gasteiger charge is 2.53. The Labute approximate surface area is 237 Å². The number of ketones is 2. The van der Waals surface area contributed by atoms with Crippen LogP contribution in [0.2, 0.25) is 0 Å². The van der Waals surface area contributed by atoms with Crippen molar-refractivity contribution in [2.45, 2.75) is 75.3 Å². The van der Waals surface area contributed by atoms with Crippen molar-refractivity contribution in [3.8, 4) is 11.5 Å². The summed E-state index contributed by atoms with van der Waals surface area (Å²) in [4.78, 5) is 42.1. The van der Waals surface area contributed by atoms with Crippen LogP contribution >= 0.6 is 0 Å². The molecule has 3 aliphatic rings. The van der Waals surface area contributed by atoms with Gasteiger partial charge in [0, 0.05) is 35.6 Å². The zero-order valence-corrected chi connectivity index (χ0v) is 23.6. The standard InChI is InChI=1S/C30H35NO10/c1-6-30(38)12-19(41-20-11-17(31(3)4)25(33)13(2)40-20)22-15(24(30)29(37)39-5)10-16-23(28(22)36)27(35)21-14(26(16)34)8-7-9-18(21)32/h7-10,13,17,19-20,24-25,32-33,36,38H,6,11-12H2,1-5H3/t13-,17?,19-,20-,24-,25+,30+/m0/s1. The summed E-state index contributed by atoms with van der Waals surface area (Å²) in [5, 5.41) is 44.5. The molecule has 1 heterocycles. The summed E-state index contributed by atoms with van der Waals surface area (Å²) in [6.07, 6.45) is -3.09. The fourth-order valence-corrected chi connectivity index (χ4v) is 6.50. The first-order valence-corrected chi connectivity index (χ1v) is 13.6. The van der Waals surface area contributed by atoms with Crippen molar-refractivity contribution >= 4 is 17.5 Å². The summed E-state index contributed by atoms with van der Waals surface area (Å²) >= 11 is 0. The van der Waals surface area contributed by atoms with Crippen LogP contribution in [-0.2, 0) is 19.0 Å². The number of rotatable bonds is 5. The van der Waals surface area contributed by atoms with Gasteiger partial charge in [-0.25, -0.2) is 0 Å².